The third kappa shape index (κ3) is 7.20. The molecule has 3 unspecified atom stereocenters. The Morgan fingerprint density at radius 3 is 2.54 bits per heavy atom. The van der Waals surface area contributed by atoms with Gasteiger partial charge in [-0.25, -0.2) is 13.6 Å². The summed E-state index contributed by atoms with van der Waals surface area (Å²) in [6.07, 6.45) is 2.03. The van der Waals surface area contributed by atoms with Gasteiger partial charge in [0, 0.05) is 63.6 Å². The molecule has 4 aliphatic rings. The van der Waals surface area contributed by atoms with Crippen LogP contribution in [0.4, 0.5) is 13.6 Å². The minimum absolute atomic E-state index is 0.00119. The van der Waals surface area contributed by atoms with Crippen molar-refractivity contribution in [2.75, 3.05) is 40.0 Å². The molecule has 2 fully saturated rings. The van der Waals surface area contributed by atoms with Crippen LogP contribution < -0.4 is 15.5 Å². The van der Waals surface area contributed by atoms with Crippen LogP contribution in [0.25, 0.3) is 0 Å². The smallest absolute Gasteiger partial charge is 0.403 e. The van der Waals surface area contributed by atoms with Crippen molar-refractivity contribution in [1.29, 1.82) is 0 Å². The Labute approximate surface area is 275 Å². The molecule has 18 heteroatoms. The van der Waals surface area contributed by atoms with Crippen molar-refractivity contribution in [1.82, 2.24) is 19.7 Å². The van der Waals surface area contributed by atoms with Gasteiger partial charge in [-0.1, -0.05) is 11.2 Å². The van der Waals surface area contributed by atoms with E-state index in [9.17, 15) is 28.0 Å². The van der Waals surface area contributed by atoms with E-state index in [1.165, 1.54) is 28.8 Å². The zero-order chi connectivity index (χ0) is 34.7. The summed E-state index contributed by atoms with van der Waals surface area (Å²) in [4.78, 5) is 79.0. The summed E-state index contributed by atoms with van der Waals surface area (Å²) in [6.45, 7) is 4.61. The molecule has 6 rings (SSSR count). The Balaban J connectivity index is 0.000000840. The highest BCUT2D eigenvalue weighted by molar-refractivity contribution is 7.39. The first-order valence-corrected chi connectivity index (χ1v) is 16.3. The van der Waals surface area contributed by atoms with Gasteiger partial charge >= 0.3 is 14.7 Å². The van der Waals surface area contributed by atoms with Crippen molar-refractivity contribution in [3.63, 3.8) is 0 Å². The van der Waals surface area contributed by atoms with Gasteiger partial charge in [-0.15, -0.1) is 0 Å². The molecule has 3 amide bonds. The van der Waals surface area contributed by atoms with Crippen molar-refractivity contribution < 1.29 is 51.8 Å². The van der Waals surface area contributed by atoms with Gasteiger partial charge in [0.15, 0.2) is 11.3 Å². The van der Waals surface area contributed by atoms with Gasteiger partial charge in [0.1, 0.15) is 17.2 Å². The number of hydrogen-bond acceptors (Lipinski definition) is 11. The monoisotopic (exact) mass is 695 g/mol. The van der Waals surface area contributed by atoms with Crippen molar-refractivity contribution in [2.24, 2.45) is 5.16 Å². The molecule has 48 heavy (non-hydrogen) atoms. The quantitative estimate of drug-likeness (QED) is 0.393. The van der Waals surface area contributed by atoms with Crippen molar-refractivity contribution >= 4 is 32.2 Å². The molecule has 1 aromatic carbocycles. The number of nitrogens with zero attached hydrogens (tertiary/aromatic N) is 4. The lowest BCUT2D eigenvalue weighted by molar-refractivity contribution is -0.0655. The van der Waals surface area contributed by atoms with Crippen LogP contribution in [-0.4, -0.2) is 99.4 Å². The summed E-state index contributed by atoms with van der Waals surface area (Å²) in [5.74, 6) is -3.61. The molecule has 1 spiro atoms. The summed E-state index contributed by atoms with van der Waals surface area (Å²) in [7, 11) is -0.870. The number of aromatic nitrogens is 1. The number of morpholine rings is 1. The number of fused-ring (bicyclic) bond motifs is 5. The largest absolute Gasteiger partial charge is 0.415 e. The van der Waals surface area contributed by atoms with E-state index in [0.29, 0.717) is 25.3 Å². The minimum Gasteiger partial charge on any atom is -0.403 e. The number of oxime groups is 1. The van der Waals surface area contributed by atoms with E-state index in [4.69, 9.17) is 24.1 Å². The van der Waals surface area contributed by atoms with E-state index in [2.05, 4.69) is 15.0 Å². The lowest BCUT2D eigenvalue weighted by Crippen LogP contribution is -2.53. The lowest BCUT2D eigenvalue weighted by Gasteiger charge is -2.42. The second-order valence-corrected chi connectivity index (χ2v) is 12.7. The SMILES string of the molecule is CC1=NOC2(CCC(C)N3CC2n2cc(C(=O)NCc4ccc(F)cc4F)c(=O)c(OC(=O)N4CCOCC4)c2C3=O)C1.COP(O)O. The highest BCUT2D eigenvalue weighted by Crippen LogP contribution is 2.46. The molecule has 3 atom stereocenters. The topological polar surface area (TPSA) is 181 Å². The fourth-order valence-electron chi connectivity index (χ4n) is 6.20. The zero-order valence-corrected chi connectivity index (χ0v) is 27.4. The number of hydrogen-bond donors (Lipinski definition) is 3. The number of pyridine rings is 1. The Bertz CT molecular complexity index is 1670. The molecule has 2 bridgehead atoms. The first kappa shape index (κ1) is 35.3. The van der Waals surface area contributed by atoms with Crippen LogP contribution in [0.1, 0.15) is 65.6 Å². The van der Waals surface area contributed by atoms with Crippen LogP contribution in [0.15, 0.2) is 34.3 Å². The number of carbonyl (C=O) groups excluding carboxylic acids is 3. The van der Waals surface area contributed by atoms with E-state index in [-0.39, 0.29) is 56.7 Å². The Kier molecular flexibility index (Phi) is 10.7. The van der Waals surface area contributed by atoms with Crippen LogP contribution in [0.3, 0.4) is 0 Å². The van der Waals surface area contributed by atoms with Crippen molar-refractivity contribution in [3.05, 3.63) is 63.1 Å². The van der Waals surface area contributed by atoms with Crippen molar-refractivity contribution in [3.8, 4) is 5.75 Å². The van der Waals surface area contributed by atoms with Gasteiger partial charge in [0.05, 0.1) is 25.0 Å². The van der Waals surface area contributed by atoms with E-state index in [0.717, 1.165) is 11.8 Å². The van der Waals surface area contributed by atoms with Crippen LogP contribution >= 0.6 is 8.60 Å². The summed E-state index contributed by atoms with van der Waals surface area (Å²) in [5, 5.41) is 6.69. The maximum atomic E-state index is 14.3. The van der Waals surface area contributed by atoms with Gasteiger partial charge in [0.25, 0.3) is 11.8 Å². The number of carbonyl (C=O) groups is 3. The average Bonchev–Trinajstić information content (AvgIpc) is 3.40. The molecular formula is C30H36F2N5O10P. The summed E-state index contributed by atoms with van der Waals surface area (Å²) in [5.41, 5.74) is -1.65. The number of rotatable bonds is 5. The standard InChI is InChI=1S/C29H31F2N5O7.CH5O3P/c1-16-12-29(43-33-16)6-5-17(2)35-15-22(29)36-14-20(26(38)32-13-18-3-4-19(30)11-21(18)31)24(37)25(23(36)27(35)39)42-28(40)34-7-9-41-10-8-34;1-4-5(2)3/h3-4,11,14,17,22H,5-10,12-13,15H2,1-2H3,(H,32,38);2-3H,1H3. The number of nitrogens with one attached hydrogen (secondary N) is 1. The number of benzene rings is 1. The Hall–Kier alpha value is -4.02. The molecule has 4 aliphatic heterocycles. The zero-order valence-electron chi connectivity index (χ0n) is 26.5. The second-order valence-electron chi connectivity index (χ2n) is 11.8. The molecule has 2 aromatic rings. The molecule has 260 valence electrons. The highest BCUT2D eigenvalue weighted by Gasteiger charge is 2.54. The van der Waals surface area contributed by atoms with Gasteiger partial charge in [-0.3, -0.25) is 14.4 Å². The van der Waals surface area contributed by atoms with Crippen LogP contribution in [0.2, 0.25) is 0 Å². The second kappa shape index (κ2) is 14.6. The van der Waals surface area contributed by atoms with Gasteiger partial charge in [-0.05, 0) is 32.8 Å². The predicted octanol–water partition coefficient (Wildman–Crippen LogP) is 2.45. The van der Waals surface area contributed by atoms with Gasteiger partial charge in [0.2, 0.25) is 11.2 Å². The van der Waals surface area contributed by atoms with E-state index < -0.39 is 66.5 Å². The minimum atomic E-state index is -2.10. The molecule has 3 N–H and O–H groups in total. The Morgan fingerprint density at radius 1 is 1.21 bits per heavy atom. The van der Waals surface area contributed by atoms with Gasteiger partial charge in [-0.2, -0.15) is 0 Å². The molecule has 2 saturated heterocycles. The lowest BCUT2D eigenvalue weighted by atomic mass is 9.84. The highest BCUT2D eigenvalue weighted by atomic mass is 31.2. The summed E-state index contributed by atoms with van der Waals surface area (Å²) in [6, 6.07) is 2.14. The molecule has 0 radical (unpaired) electrons. The fourth-order valence-corrected chi connectivity index (χ4v) is 6.20. The number of ether oxygens (including phenoxy) is 2. The van der Waals surface area contributed by atoms with E-state index in [1.54, 1.807) is 4.90 Å². The normalized spacial score (nSPS) is 23.1. The molecule has 15 nitrogen and oxygen atoms in total. The van der Waals surface area contributed by atoms with Crippen molar-refractivity contribution in [2.45, 2.75) is 57.3 Å². The third-order valence-electron chi connectivity index (χ3n) is 8.75. The number of amides is 3. The van der Waals surface area contributed by atoms with Crippen LogP contribution in [0.5, 0.6) is 5.75 Å². The van der Waals surface area contributed by atoms with Crippen LogP contribution in [0, 0.1) is 11.6 Å². The Morgan fingerprint density at radius 2 is 1.92 bits per heavy atom. The molecule has 0 saturated carbocycles. The molecular weight excluding hydrogens is 659 g/mol. The summed E-state index contributed by atoms with van der Waals surface area (Å²) < 4.78 is 44.0. The molecule has 0 aliphatic carbocycles. The molecule has 1 aromatic heterocycles. The maximum absolute atomic E-state index is 14.3. The first-order chi connectivity index (χ1) is 22.8. The van der Waals surface area contributed by atoms with Crippen LogP contribution in [-0.2, 0) is 20.6 Å². The van der Waals surface area contributed by atoms with E-state index >= 15 is 0 Å². The maximum Gasteiger partial charge on any atom is 0.415 e. The average molecular weight is 696 g/mol. The van der Waals surface area contributed by atoms with Gasteiger partial charge < -0.3 is 48.3 Å². The van der Waals surface area contributed by atoms with E-state index in [1.807, 2.05) is 13.8 Å². The fraction of sp³-hybridized carbons (Fsp3) is 0.500. The predicted molar refractivity (Wildman–Crippen MR) is 165 cm³/mol. The first-order valence-electron chi connectivity index (χ1n) is 15.2. The number of halogens is 2. The molecule has 5 heterocycles. The third-order valence-corrected chi connectivity index (χ3v) is 9.07. The summed E-state index contributed by atoms with van der Waals surface area (Å²) >= 11 is 0.